The lowest BCUT2D eigenvalue weighted by Gasteiger charge is -2.34. The third kappa shape index (κ3) is 5.56. The molecule has 2 aliphatic carbocycles. The van der Waals surface area contributed by atoms with Gasteiger partial charge in [-0.3, -0.25) is 9.79 Å². The molecule has 2 saturated carbocycles. The van der Waals surface area contributed by atoms with Gasteiger partial charge in [-0.1, -0.05) is 6.42 Å². The number of ether oxygens (including phenoxy) is 1. The van der Waals surface area contributed by atoms with Crippen LogP contribution in [0.25, 0.3) is 0 Å². The molecule has 3 fully saturated rings. The number of fused-ring (bicyclic) bond motifs is 2. The molecule has 7 heteroatoms. The smallest absolute Gasteiger partial charge is 0.224 e. The maximum atomic E-state index is 12.2. The number of carbonyl (C=O) groups excluding carboxylic acids is 1. The molecule has 3 unspecified atom stereocenters. The van der Waals surface area contributed by atoms with Gasteiger partial charge in [0.1, 0.15) is 5.76 Å². The Morgan fingerprint density at radius 2 is 2.10 bits per heavy atom. The van der Waals surface area contributed by atoms with Gasteiger partial charge in [-0.15, -0.1) is 0 Å². The van der Waals surface area contributed by atoms with Crippen molar-refractivity contribution in [2.45, 2.75) is 63.5 Å². The first-order valence-electron chi connectivity index (χ1n) is 11.6. The molecule has 1 amide bonds. The Labute approximate surface area is 179 Å². The molecule has 7 nitrogen and oxygen atoms in total. The molecule has 2 N–H and O–H groups in total. The van der Waals surface area contributed by atoms with Crippen molar-refractivity contribution in [2.24, 2.45) is 16.8 Å². The van der Waals surface area contributed by atoms with E-state index in [1.807, 2.05) is 17.0 Å². The van der Waals surface area contributed by atoms with Crippen LogP contribution in [0.15, 0.2) is 27.8 Å². The van der Waals surface area contributed by atoms with Crippen molar-refractivity contribution in [3.63, 3.8) is 0 Å². The summed E-state index contributed by atoms with van der Waals surface area (Å²) >= 11 is 0. The van der Waals surface area contributed by atoms with E-state index in [4.69, 9.17) is 14.1 Å². The average Bonchev–Trinajstić information content (AvgIpc) is 3.51. The van der Waals surface area contributed by atoms with E-state index in [0.29, 0.717) is 31.7 Å². The molecule has 0 aromatic carbocycles. The van der Waals surface area contributed by atoms with Crippen LogP contribution in [-0.2, 0) is 16.0 Å². The predicted octanol–water partition coefficient (Wildman–Crippen LogP) is 2.57. The van der Waals surface area contributed by atoms with Crippen LogP contribution in [0.2, 0.25) is 0 Å². The Morgan fingerprint density at radius 1 is 1.23 bits per heavy atom. The molecule has 3 aliphatic rings. The largest absolute Gasteiger partial charge is 0.469 e. The molecular formula is C23H36N4O3. The van der Waals surface area contributed by atoms with E-state index in [1.165, 1.54) is 25.7 Å². The summed E-state index contributed by atoms with van der Waals surface area (Å²) < 4.78 is 10.5. The lowest BCUT2D eigenvalue weighted by Crippen LogP contribution is -2.52. The van der Waals surface area contributed by atoms with Crippen molar-refractivity contribution in [1.82, 2.24) is 15.5 Å². The fourth-order valence-electron chi connectivity index (χ4n) is 5.28. The standard InChI is InChI=1S/C23H36N4O3/c1-29-14-9-22(28)27-11-7-19(8-12-27)25-23(24-10-6-20-3-2-13-30-20)26-21-16-17-4-5-18(21)15-17/h2-3,13,17-19,21H,4-12,14-16H2,1H3,(H2,24,25,26). The van der Waals surface area contributed by atoms with Gasteiger partial charge in [-0.05, 0) is 56.1 Å². The number of hydrogen-bond donors (Lipinski definition) is 2. The van der Waals surface area contributed by atoms with Crippen LogP contribution < -0.4 is 10.6 Å². The summed E-state index contributed by atoms with van der Waals surface area (Å²) in [7, 11) is 1.64. The highest BCUT2D eigenvalue weighted by Gasteiger charge is 2.40. The van der Waals surface area contributed by atoms with Gasteiger partial charge < -0.3 is 24.7 Å². The number of methoxy groups -OCH3 is 1. The Bertz CT molecular complexity index is 697. The molecule has 0 spiro atoms. The minimum Gasteiger partial charge on any atom is -0.469 e. The van der Waals surface area contributed by atoms with E-state index in [0.717, 1.165) is 55.9 Å². The van der Waals surface area contributed by atoms with Gasteiger partial charge >= 0.3 is 0 Å². The van der Waals surface area contributed by atoms with Crippen LogP contribution in [0.1, 0.15) is 50.7 Å². The highest BCUT2D eigenvalue weighted by molar-refractivity contribution is 5.80. The molecule has 1 aromatic rings. The quantitative estimate of drug-likeness (QED) is 0.503. The summed E-state index contributed by atoms with van der Waals surface area (Å²) in [6.07, 6.45) is 10.3. The SMILES string of the molecule is COCCC(=O)N1CCC(NC(=NCCc2ccco2)NC2CC3CCC2C3)CC1. The van der Waals surface area contributed by atoms with Crippen molar-refractivity contribution >= 4 is 11.9 Å². The first kappa shape index (κ1) is 21.2. The van der Waals surface area contributed by atoms with Crippen LogP contribution in [0.5, 0.6) is 0 Å². The van der Waals surface area contributed by atoms with Gasteiger partial charge in [0.2, 0.25) is 5.91 Å². The predicted molar refractivity (Wildman–Crippen MR) is 116 cm³/mol. The Kier molecular flexibility index (Phi) is 7.31. The van der Waals surface area contributed by atoms with Crippen molar-refractivity contribution in [3.8, 4) is 0 Å². The molecule has 1 saturated heterocycles. The number of rotatable bonds is 8. The minimum absolute atomic E-state index is 0.197. The lowest BCUT2D eigenvalue weighted by molar-refractivity contribution is -0.133. The highest BCUT2D eigenvalue weighted by atomic mass is 16.5. The molecule has 4 rings (SSSR count). The molecule has 1 aliphatic heterocycles. The third-order valence-electron chi connectivity index (χ3n) is 6.98. The van der Waals surface area contributed by atoms with E-state index < -0.39 is 0 Å². The number of carbonyl (C=O) groups is 1. The molecule has 2 heterocycles. The number of amides is 1. The number of nitrogens with one attached hydrogen (secondary N) is 2. The highest BCUT2D eigenvalue weighted by Crippen LogP contribution is 2.44. The Hall–Kier alpha value is -2.02. The van der Waals surface area contributed by atoms with Crippen LogP contribution in [0.3, 0.4) is 0 Å². The first-order chi connectivity index (χ1) is 14.7. The zero-order valence-corrected chi connectivity index (χ0v) is 18.1. The summed E-state index contributed by atoms with van der Waals surface area (Å²) in [6, 6.07) is 4.83. The Morgan fingerprint density at radius 3 is 2.77 bits per heavy atom. The summed E-state index contributed by atoms with van der Waals surface area (Å²) in [4.78, 5) is 19.1. The average molecular weight is 417 g/mol. The molecule has 1 aromatic heterocycles. The molecule has 2 bridgehead atoms. The number of piperidine rings is 1. The molecule has 166 valence electrons. The van der Waals surface area contributed by atoms with Crippen LogP contribution in [-0.4, -0.2) is 62.2 Å². The van der Waals surface area contributed by atoms with Gasteiger partial charge in [0, 0.05) is 45.2 Å². The van der Waals surface area contributed by atoms with Gasteiger partial charge in [-0.2, -0.15) is 0 Å². The van der Waals surface area contributed by atoms with E-state index in [1.54, 1.807) is 13.4 Å². The van der Waals surface area contributed by atoms with Gasteiger partial charge in [0.25, 0.3) is 0 Å². The lowest BCUT2D eigenvalue weighted by atomic mass is 9.95. The monoisotopic (exact) mass is 416 g/mol. The summed E-state index contributed by atoms with van der Waals surface area (Å²) in [6.45, 7) is 2.80. The van der Waals surface area contributed by atoms with Gasteiger partial charge in [0.05, 0.1) is 19.3 Å². The molecule has 3 atom stereocenters. The number of guanidine groups is 1. The molecule has 30 heavy (non-hydrogen) atoms. The number of furan rings is 1. The zero-order chi connectivity index (χ0) is 20.8. The van der Waals surface area contributed by atoms with Crippen molar-refractivity contribution in [3.05, 3.63) is 24.2 Å². The maximum absolute atomic E-state index is 12.2. The van der Waals surface area contributed by atoms with E-state index in [9.17, 15) is 4.79 Å². The van der Waals surface area contributed by atoms with Crippen molar-refractivity contribution < 1.29 is 13.9 Å². The topological polar surface area (TPSA) is 79.1 Å². The number of nitrogens with zero attached hydrogens (tertiary/aromatic N) is 2. The number of likely N-dealkylation sites (tertiary alicyclic amines) is 1. The Balaban J connectivity index is 1.30. The maximum Gasteiger partial charge on any atom is 0.224 e. The second-order valence-corrected chi connectivity index (χ2v) is 9.03. The summed E-state index contributed by atoms with van der Waals surface area (Å²) in [5, 5.41) is 7.42. The summed E-state index contributed by atoms with van der Waals surface area (Å²) in [5.74, 6) is 3.80. The fraction of sp³-hybridized carbons (Fsp3) is 0.739. The van der Waals surface area contributed by atoms with E-state index in [-0.39, 0.29) is 5.91 Å². The van der Waals surface area contributed by atoms with Crippen LogP contribution in [0.4, 0.5) is 0 Å². The zero-order valence-electron chi connectivity index (χ0n) is 18.1. The van der Waals surface area contributed by atoms with E-state index in [2.05, 4.69) is 10.6 Å². The van der Waals surface area contributed by atoms with Crippen LogP contribution >= 0.6 is 0 Å². The summed E-state index contributed by atoms with van der Waals surface area (Å²) in [5.41, 5.74) is 0. The fourth-order valence-corrected chi connectivity index (χ4v) is 5.28. The van der Waals surface area contributed by atoms with Crippen LogP contribution in [0, 0.1) is 11.8 Å². The third-order valence-corrected chi connectivity index (χ3v) is 6.98. The first-order valence-corrected chi connectivity index (χ1v) is 11.6. The number of hydrogen-bond acceptors (Lipinski definition) is 4. The van der Waals surface area contributed by atoms with Gasteiger partial charge in [-0.25, -0.2) is 0 Å². The van der Waals surface area contributed by atoms with Crippen molar-refractivity contribution in [1.29, 1.82) is 0 Å². The molecule has 0 radical (unpaired) electrons. The second-order valence-electron chi connectivity index (χ2n) is 9.03. The van der Waals surface area contributed by atoms with Gasteiger partial charge in [0.15, 0.2) is 5.96 Å². The molecular weight excluding hydrogens is 380 g/mol. The van der Waals surface area contributed by atoms with Crippen molar-refractivity contribution in [2.75, 3.05) is 33.4 Å². The number of aliphatic imine (C=N–C) groups is 1. The second kappa shape index (κ2) is 10.3. The minimum atomic E-state index is 0.197. The van der Waals surface area contributed by atoms with E-state index >= 15 is 0 Å². The normalized spacial score (nSPS) is 26.9.